The summed E-state index contributed by atoms with van der Waals surface area (Å²) in [6, 6.07) is 4.24. The molecular weight excluding hydrogens is 336 g/mol. The highest BCUT2D eigenvalue weighted by molar-refractivity contribution is 7.93. The number of H-pyrrole nitrogens is 1. The maximum atomic E-state index is 14.0. The molecule has 0 spiro atoms. The summed E-state index contributed by atoms with van der Waals surface area (Å²) in [5.74, 6) is -0.903. The SMILES string of the molecule is N#Cc1cc(F)c(NCCSO)nc1-c1c[nH]c2ncc(F)cc12. The highest BCUT2D eigenvalue weighted by Crippen LogP contribution is 2.31. The molecule has 0 bridgehead atoms. The van der Waals surface area contributed by atoms with Gasteiger partial charge >= 0.3 is 0 Å². The van der Waals surface area contributed by atoms with E-state index in [2.05, 4.69) is 20.3 Å². The Labute approximate surface area is 139 Å². The lowest BCUT2D eigenvalue weighted by atomic mass is 10.1. The molecule has 3 heterocycles. The molecule has 3 aromatic heterocycles. The van der Waals surface area contributed by atoms with E-state index in [0.717, 1.165) is 12.3 Å². The summed E-state index contributed by atoms with van der Waals surface area (Å²) in [6.07, 6.45) is 2.62. The molecule has 0 atom stereocenters. The van der Waals surface area contributed by atoms with Gasteiger partial charge in [0.1, 0.15) is 17.5 Å². The maximum Gasteiger partial charge on any atom is 0.166 e. The van der Waals surface area contributed by atoms with E-state index < -0.39 is 11.6 Å². The molecule has 0 aromatic carbocycles. The molecule has 122 valence electrons. The van der Waals surface area contributed by atoms with Crippen molar-refractivity contribution in [3.63, 3.8) is 0 Å². The molecule has 0 saturated heterocycles. The van der Waals surface area contributed by atoms with Crippen molar-refractivity contribution in [3.8, 4) is 17.3 Å². The summed E-state index contributed by atoms with van der Waals surface area (Å²) in [5, 5.41) is 12.5. The molecule has 0 unspecified atom stereocenters. The largest absolute Gasteiger partial charge is 0.367 e. The first-order valence-corrected chi connectivity index (χ1v) is 7.82. The van der Waals surface area contributed by atoms with Gasteiger partial charge in [0.05, 0.1) is 17.5 Å². The second kappa shape index (κ2) is 6.82. The van der Waals surface area contributed by atoms with Crippen LogP contribution in [0.1, 0.15) is 5.56 Å². The van der Waals surface area contributed by atoms with Crippen molar-refractivity contribution in [2.75, 3.05) is 17.6 Å². The lowest BCUT2D eigenvalue weighted by Gasteiger charge is -2.09. The summed E-state index contributed by atoms with van der Waals surface area (Å²) in [7, 11) is 0. The Morgan fingerprint density at radius 3 is 2.96 bits per heavy atom. The fourth-order valence-electron chi connectivity index (χ4n) is 2.29. The number of pyridine rings is 2. The summed E-state index contributed by atoms with van der Waals surface area (Å²) in [5.41, 5.74) is 1.14. The number of aromatic nitrogens is 3. The van der Waals surface area contributed by atoms with Crippen molar-refractivity contribution in [3.05, 3.63) is 41.7 Å². The lowest BCUT2D eigenvalue weighted by Crippen LogP contribution is -2.08. The molecule has 0 amide bonds. The van der Waals surface area contributed by atoms with Gasteiger partial charge in [0.15, 0.2) is 11.6 Å². The van der Waals surface area contributed by atoms with E-state index in [1.807, 2.05) is 6.07 Å². The van der Waals surface area contributed by atoms with E-state index in [4.69, 9.17) is 4.55 Å². The van der Waals surface area contributed by atoms with Crippen molar-refractivity contribution in [1.82, 2.24) is 15.0 Å². The molecule has 0 aliphatic carbocycles. The quantitative estimate of drug-likeness (QED) is 0.483. The fourth-order valence-corrected chi connectivity index (χ4v) is 2.49. The van der Waals surface area contributed by atoms with Crippen molar-refractivity contribution in [2.45, 2.75) is 0 Å². The number of rotatable bonds is 5. The molecular formula is C15H11F2N5OS. The maximum absolute atomic E-state index is 14.0. The van der Waals surface area contributed by atoms with Crippen molar-refractivity contribution >= 4 is 28.9 Å². The third-order valence-electron chi connectivity index (χ3n) is 3.34. The summed E-state index contributed by atoms with van der Waals surface area (Å²) in [4.78, 5) is 11.0. The van der Waals surface area contributed by atoms with Crippen molar-refractivity contribution < 1.29 is 13.3 Å². The summed E-state index contributed by atoms with van der Waals surface area (Å²) < 4.78 is 36.2. The van der Waals surface area contributed by atoms with Crippen molar-refractivity contribution in [1.29, 1.82) is 5.26 Å². The van der Waals surface area contributed by atoms with Crippen LogP contribution in [0, 0.1) is 23.0 Å². The van der Waals surface area contributed by atoms with E-state index in [0.29, 0.717) is 40.9 Å². The third kappa shape index (κ3) is 3.02. The highest BCUT2D eigenvalue weighted by Gasteiger charge is 2.17. The van der Waals surface area contributed by atoms with Crippen LogP contribution < -0.4 is 5.32 Å². The Balaban J connectivity index is 2.12. The van der Waals surface area contributed by atoms with Gasteiger partial charge in [0, 0.05) is 29.4 Å². The average Bonchev–Trinajstić information content (AvgIpc) is 2.99. The normalized spacial score (nSPS) is 10.8. The zero-order valence-corrected chi connectivity index (χ0v) is 13.0. The van der Waals surface area contributed by atoms with Crippen molar-refractivity contribution in [2.24, 2.45) is 0 Å². The van der Waals surface area contributed by atoms with Gasteiger partial charge in [0.2, 0.25) is 0 Å². The number of nitrogens with one attached hydrogen (secondary N) is 2. The van der Waals surface area contributed by atoms with Crippen LogP contribution >= 0.6 is 12.0 Å². The Bertz CT molecular complexity index is 937. The van der Waals surface area contributed by atoms with E-state index in [9.17, 15) is 14.0 Å². The molecule has 6 nitrogen and oxygen atoms in total. The Hall–Kier alpha value is -2.70. The van der Waals surface area contributed by atoms with Crippen LogP contribution in [0.4, 0.5) is 14.6 Å². The Kier molecular flexibility index (Phi) is 4.59. The molecule has 0 fully saturated rings. The monoisotopic (exact) mass is 347 g/mol. The van der Waals surface area contributed by atoms with Crippen LogP contribution in [0.15, 0.2) is 24.5 Å². The number of aromatic amines is 1. The number of hydrogen-bond donors (Lipinski definition) is 3. The van der Waals surface area contributed by atoms with Gasteiger partial charge in [-0.3, -0.25) is 0 Å². The minimum atomic E-state index is -0.678. The summed E-state index contributed by atoms with van der Waals surface area (Å²) >= 11 is 0.620. The number of hydrogen-bond acceptors (Lipinski definition) is 6. The van der Waals surface area contributed by atoms with Crippen LogP contribution in [0.5, 0.6) is 0 Å². The number of fused-ring (bicyclic) bond motifs is 1. The van der Waals surface area contributed by atoms with Gasteiger partial charge in [-0.25, -0.2) is 18.7 Å². The second-order valence-corrected chi connectivity index (χ2v) is 5.51. The van der Waals surface area contributed by atoms with E-state index in [1.54, 1.807) is 6.20 Å². The molecule has 3 aromatic rings. The minimum absolute atomic E-state index is 0.0275. The van der Waals surface area contributed by atoms with Gasteiger partial charge in [-0.1, -0.05) is 0 Å². The average molecular weight is 347 g/mol. The van der Waals surface area contributed by atoms with Gasteiger partial charge in [-0.2, -0.15) is 5.26 Å². The smallest absolute Gasteiger partial charge is 0.166 e. The van der Waals surface area contributed by atoms with E-state index >= 15 is 0 Å². The van der Waals surface area contributed by atoms with E-state index in [-0.39, 0.29) is 17.1 Å². The third-order valence-corrected chi connectivity index (χ3v) is 3.72. The Morgan fingerprint density at radius 1 is 1.38 bits per heavy atom. The number of halogens is 2. The topological polar surface area (TPSA) is 97.6 Å². The molecule has 0 aliphatic rings. The zero-order chi connectivity index (χ0) is 17.1. The first kappa shape index (κ1) is 16.2. The molecule has 3 rings (SSSR count). The molecule has 0 aliphatic heterocycles. The predicted octanol–water partition coefficient (Wildman–Crippen LogP) is 3.39. The lowest BCUT2D eigenvalue weighted by molar-refractivity contribution is 0.623. The zero-order valence-electron chi connectivity index (χ0n) is 12.2. The first-order valence-electron chi connectivity index (χ1n) is 6.88. The number of anilines is 1. The molecule has 9 heteroatoms. The van der Waals surface area contributed by atoms with E-state index in [1.165, 1.54) is 6.07 Å². The number of nitrogens with zero attached hydrogens (tertiary/aromatic N) is 3. The first-order chi connectivity index (χ1) is 11.6. The standard InChI is InChI=1S/C15H11F2N5OS/c16-9-4-10-11(7-21-14(10)20-6-9)13-8(5-18)3-12(17)15(22-13)19-1-2-24-23/h3-4,6-7,23H,1-2H2,(H,19,22)(H,20,21). The number of nitriles is 1. The minimum Gasteiger partial charge on any atom is -0.367 e. The fraction of sp³-hybridized carbons (Fsp3) is 0.133. The molecule has 0 saturated carbocycles. The van der Waals surface area contributed by atoms with Crippen LogP contribution in [0.2, 0.25) is 0 Å². The Morgan fingerprint density at radius 2 is 2.21 bits per heavy atom. The summed E-state index contributed by atoms with van der Waals surface area (Å²) in [6.45, 7) is 0.292. The molecule has 3 N–H and O–H groups in total. The molecule has 0 radical (unpaired) electrons. The van der Waals surface area contributed by atoms with Gasteiger partial charge in [-0.05, 0) is 24.2 Å². The van der Waals surface area contributed by atoms with Crippen LogP contribution in [-0.2, 0) is 0 Å². The van der Waals surface area contributed by atoms with Gasteiger partial charge in [0.25, 0.3) is 0 Å². The van der Waals surface area contributed by atoms with Gasteiger partial charge in [-0.15, -0.1) is 0 Å². The highest BCUT2D eigenvalue weighted by atomic mass is 32.2. The van der Waals surface area contributed by atoms with Crippen LogP contribution in [0.3, 0.4) is 0 Å². The van der Waals surface area contributed by atoms with Crippen LogP contribution in [0.25, 0.3) is 22.3 Å². The van der Waals surface area contributed by atoms with Gasteiger partial charge < -0.3 is 14.9 Å². The predicted molar refractivity (Wildman–Crippen MR) is 87.5 cm³/mol. The second-order valence-electron chi connectivity index (χ2n) is 4.84. The van der Waals surface area contributed by atoms with Crippen LogP contribution in [-0.4, -0.2) is 31.8 Å². The molecule has 24 heavy (non-hydrogen) atoms.